The molecule has 1 aromatic heterocycles. The van der Waals surface area contributed by atoms with Crippen LogP contribution in [-0.2, 0) is 9.47 Å². The molecular weight excluding hydrogens is 286 g/mol. The van der Waals surface area contributed by atoms with Gasteiger partial charge in [-0.1, -0.05) is 6.07 Å². The van der Waals surface area contributed by atoms with Crippen molar-refractivity contribution in [3.63, 3.8) is 0 Å². The molecule has 1 aromatic rings. The number of hydrogen-bond donors (Lipinski definition) is 0. The lowest BCUT2D eigenvalue weighted by molar-refractivity contribution is -0.0391. The maximum atomic E-state index is 12.3. The molecule has 1 atom stereocenters. The number of carbonyl (C=O) groups excluding carboxylic acids is 1. The Kier molecular flexibility index (Phi) is 4.62. The largest absolute Gasteiger partial charge is 0.385 e. The van der Waals surface area contributed by atoms with Crippen LogP contribution in [0.5, 0.6) is 0 Å². The van der Waals surface area contributed by atoms with Gasteiger partial charge in [0.1, 0.15) is 0 Å². The van der Waals surface area contributed by atoms with E-state index < -0.39 is 0 Å². The molecule has 3 heterocycles. The van der Waals surface area contributed by atoms with E-state index >= 15 is 0 Å². The zero-order chi connectivity index (χ0) is 14.7. The molecule has 2 aliphatic heterocycles. The topological polar surface area (TPSA) is 38.8 Å². The van der Waals surface area contributed by atoms with Crippen molar-refractivity contribution in [2.24, 2.45) is 5.92 Å². The fraction of sp³-hybridized carbons (Fsp3) is 0.688. The molecule has 0 bridgehead atoms. The Balaban J connectivity index is 1.52. The van der Waals surface area contributed by atoms with Crippen molar-refractivity contribution >= 4 is 17.2 Å². The van der Waals surface area contributed by atoms with Gasteiger partial charge in [0.25, 0.3) is 5.91 Å². The highest BCUT2D eigenvalue weighted by molar-refractivity contribution is 7.12. The zero-order valence-electron chi connectivity index (χ0n) is 12.5. The summed E-state index contributed by atoms with van der Waals surface area (Å²) in [7, 11) is 1.75. The third kappa shape index (κ3) is 3.30. The first kappa shape index (κ1) is 15.0. The van der Waals surface area contributed by atoms with Crippen LogP contribution in [0.4, 0.5) is 0 Å². The summed E-state index contributed by atoms with van der Waals surface area (Å²) in [4.78, 5) is 15.2. The number of ether oxygens (including phenoxy) is 2. The zero-order valence-corrected chi connectivity index (χ0v) is 13.4. The van der Waals surface area contributed by atoms with Gasteiger partial charge in [0.15, 0.2) is 0 Å². The molecule has 0 aliphatic carbocycles. The Labute approximate surface area is 130 Å². The molecule has 116 valence electrons. The van der Waals surface area contributed by atoms with Gasteiger partial charge in [0.2, 0.25) is 0 Å². The maximum absolute atomic E-state index is 12.3. The number of thiophene rings is 1. The van der Waals surface area contributed by atoms with Crippen LogP contribution < -0.4 is 0 Å². The highest BCUT2D eigenvalue weighted by atomic mass is 32.1. The number of amides is 1. The number of hydrogen-bond acceptors (Lipinski definition) is 4. The van der Waals surface area contributed by atoms with E-state index in [4.69, 9.17) is 9.47 Å². The van der Waals surface area contributed by atoms with Crippen molar-refractivity contribution in [1.82, 2.24) is 4.90 Å². The normalized spacial score (nSPS) is 24.6. The molecule has 0 aromatic carbocycles. The average Bonchev–Trinajstić information content (AvgIpc) is 3.16. The summed E-state index contributed by atoms with van der Waals surface area (Å²) < 4.78 is 11.3. The fourth-order valence-corrected chi connectivity index (χ4v) is 4.12. The highest BCUT2D eigenvalue weighted by Gasteiger charge is 2.43. The van der Waals surface area contributed by atoms with E-state index in [0.29, 0.717) is 5.92 Å². The molecule has 2 saturated heterocycles. The molecule has 1 amide bonds. The van der Waals surface area contributed by atoms with Crippen LogP contribution in [0, 0.1) is 5.92 Å². The molecule has 5 heteroatoms. The molecule has 0 N–H and O–H groups in total. The molecule has 3 rings (SSSR count). The second-order valence-electron chi connectivity index (χ2n) is 6.12. The maximum Gasteiger partial charge on any atom is 0.263 e. The third-order valence-corrected chi connectivity index (χ3v) is 5.57. The third-order valence-electron chi connectivity index (χ3n) is 4.71. The Morgan fingerprint density at radius 2 is 2.33 bits per heavy atom. The highest BCUT2D eigenvalue weighted by Crippen LogP contribution is 2.40. The Morgan fingerprint density at radius 3 is 3.00 bits per heavy atom. The lowest BCUT2D eigenvalue weighted by atomic mass is 9.84. The smallest absolute Gasteiger partial charge is 0.263 e. The molecule has 1 unspecified atom stereocenters. The van der Waals surface area contributed by atoms with Gasteiger partial charge in [-0.2, -0.15) is 0 Å². The van der Waals surface area contributed by atoms with E-state index in [1.807, 2.05) is 22.4 Å². The second kappa shape index (κ2) is 6.46. The van der Waals surface area contributed by atoms with Crippen LogP contribution in [0.2, 0.25) is 0 Å². The molecule has 0 saturated carbocycles. The number of methoxy groups -OCH3 is 1. The minimum Gasteiger partial charge on any atom is -0.385 e. The van der Waals surface area contributed by atoms with E-state index in [1.165, 1.54) is 11.3 Å². The summed E-state index contributed by atoms with van der Waals surface area (Å²) in [6.45, 7) is 3.29. The first-order valence-corrected chi connectivity index (χ1v) is 8.56. The summed E-state index contributed by atoms with van der Waals surface area (Å²) >= 11 is 1.52. The second-order valence-corrected chi connectivity index (χ2v) is 7.06. The van der Waals surface area contributed by atoms with Crippen molar-refractivity contribution < 1.29 is 14.3 Å². The van der Waals surface area contributed by atoms with Gasteiger partial charge in [0.05, 0.1) is 17.1 Å². The van der Waals surface area contributed by atoms with Gasteiger partial charge in [-0.25, -0.2) is 0 Å². The summed E-state index contributed by atoms with van der Waals surface area (Å²) in [5, 5.41) is 1.96. The minimum absolute atomic E-state index is 0.0185. The van der Waals surface area contributed by atoms with Crippen LogP contribution in [0.25, 0.3) is 0 Å². The number of likely N-dealkylation sites (tertiary alicyclic amines) is 1. The first-order valence-electron chi connectivity index (χ1n) is 7.68. The van der Waals surface area contributed by atoms with Crippen LogP contribution >= 0.6 is 11.3 Å². The molecule has 21 heavy (non-hydrogen) atoms. The Morgan fingerprint density at radius 1 is 1.52 bits per heavy atom. The van der Waals surface area contributed by atoms with E-state index in [1.54, 1.807) is 7.11 Å². The quantitative estimate of drug-likeness (QED) is 0.858. The van der Waals surface area contributed by atoms with Gasteiger partial charge >= 0.3 is 0 Å². The van der Waals surface area contributed by atoms with Crippen molar-refractivity contribution in [1.29, 1.82) is 0 Å². The average molecular weight is 309 g/mol. The molecule has 4 nitrogen and oxygen atoms in total. The van der Waals surface area contributed by atoms with Crippen molar-refractivity contribution in [3.05, 3.63) is 22.4 Å². The first-order chi connectivity index (χ1) is 10.2. The minimum atomic E-state index is 0.0185. The van der Waals surface area contributed by atoms with Gasteiger partial charge in [0, 0.05) is 26.8 Å². The summed E-state index contributed by atoms with van der Waals surface area (Å²) in [5.41, 5.74) is 0.0185. The molecule has 2 aliphatic rings. The Hall–Kier alpha value is -0.910. The van der Waals surface area contributed by atoms with E-state index in [-0.39, 0.29) is 11.5 Å². The molecule has 0 radical (unpaired) electrons. The monoisotopic (exact) mass is 309 g/mol. The SMILES string of the molecule is COCCC1COC2(CCN(C(=O)c3cccs3)CC2)C1. The standard InChI is InChI=1S/C16H23NO3S/c1-19-9-4-13-11-16(20-12-13)5-7-17(8-6-16)15(18)14-3-2-10-21-14/h2-3,10,13H,4-9,11-12H2,1H3. The molecule has 2 fully saturated rings. The lowest BCUT2D eigenvalue weighted by Crippen LogP contribution is -2.46. The van der Waals surface area contributed by atoms with Crippen LogP contribution in [0.1, 0.15) is 35.4 Å². The predicted octanol–water partition coefficient (Wildman–Crippen LogP) is 2.80. The van der Waals surface area contributed by atoms with Gasteiger partial charge in [-0.3, -0.25) is 4.79 Å². The number of rotatable bonds is 4. The van der Waals surface area contributed by atoms with Gasteiger partial charge < -0.3 is 14.4 Å². The molecule has 1 spiro atoms. The summed E-state index contributed by atoms with van der Waals surface area (Å²) in [6.07, 6.45) is 4.13. The number of nitrogens with zero attached hydrogens (tertiary/aromatic N) is 1. The predicted molar refractivity (Wildman–Crippen MR) is 82.7 cm³/mol. The fourth-order valence-electron chi connectivity index (χ4n) is 3.43. The number of piperidine rings is 1. The molecular formula is C16H23NO3S. The Bertz CT molecular complexity index is 466. The van der Waals surface area contributed by atoms with Crippen LogP contribution in [0.3, 0.4) is 0 Å². The summed E-state index contributed by atoms with van der Waals surface area (Å²) in [6, 6.07) is 3.84. The van der Waals surface area contributed by atoms with Crippen LogP contribution in [0.15, 0.2) is 17.5 Å². The van der Waals surface area contributed by atoms with Crippen molar-refractivity contribution in [3.8, 4) is 0 Å². The van der Waals surface area contributed by atoms with Gasteiger partial charge in [-0.15, -0.1) is 11.3 Å². The van der Waals surface area contributed by atoms with Crippen LogP contribution in [-0.4, -0.2) is 49.8 Å². The lowest BCUT2D eigenvalue weighted by Gasteiger charge is -2.38. The van der Waals surface area contributed by atoms with Gasteiger partial charge in [-0.05, 0) is 43.0 Å². The summed E-state index contributed by atoms with van der Waals surface area (Å²) in [5.74, 6) is 0.790. The number of carbonyl (C=O) groups is 1. The van der Waals surface area contributed by atoms with Crippen molar-refractivity contribution in [2.75, 3.05) is 33.4 Å². The van der Waals surface area contributed by atoms with E-state index in [9.17, 15) is 4.79 Å². The van der Waals surface area contributed by atoms with Crippen molar-refractivity contribution in [2.45, 2.75) is 31.3 Å². The van der Waals surface area contributed by atoms with E-state index in [0.717, 1.165) is 56.9 Å². The van der Waals surface area contributed by atoms with E-state index in [2.05, 4.69) is 0 Å².